The molecular weight excluding hydrogens is 264 g/mol. The monoisotopic (exact) mass is 276 g/mol. The van der Waals surface area contributed by atoms with E-state index in [1.54, 1.807) is 12.1 Å². The summed E-state index contributed by atoms with van der Waals surface area (Å²) in [4.78, 5) is 26.3. The first-order valence-electron chi connectivity index (χ1n) is 5.85. The Morgan fingerprint density at radius 1 is 1.45 bits per heavy atom. The van der Waals surface area contributed by atoms with Crippen molar-refractivity contribution in [1.82, 2.24) is 10.1 Å². The zero-order chi connectivity index (χ0) is 14.7. The number of hydrogen-bond donors (Lipinski definition) is 2. The molecule has 20 heavy (non-hydrogen) atoms. The van der Waals surface area contributed by atoms with Gasteiger partial charge in [0.1, 0.15) is 10.4 Å². The molecule has 0 radical (unpaired) electrons. The van der Waals surface area contributed by atoms with Crippen molar-refractivity contribution in [3.8, 4) is 0 Å². The minimum atomic E-state index is -1.19. The summed E-state index contributed by atoms with van der Waals surface area (Å²) < 4.78 is 0. The molecule has 2 N–H and O–H groups in total. The van der Waals surface area contributed by atoms with Crippen LogP contribution in [0.5, 0.6) is 0 Å². The fourth-order valence-electron chi connectivity index (χ4n) is 1.63. The van der Waals surface area contributed by atoms with Crippen LogP contribution in [0, 0.1) is 0 Å². The molecular formula is C12H12N4O4. The third kappa shape index (κ3) is 2.97. The number of aliphatic carboxylic acids is 1. The Morgan fingerprint density at radius 3 is 2.85 bits per heavy atom. The molecule has 0 saturated carbocycles. The molecule has 1 aromatic heterocycles. The first kappa shape index (κ1) is 13.7. The number of carbonyl (C=O) groups is 2. The fourth-order valence-corrected chi connectivity index (χ4v) is 1.63. The van der Waals surface area contributed by atoms with Crippen LogP contribution in [0.3, 0.4) is 0 Å². The Balaban J connectivity index is 2.31. The van der Waals surface area contributed by atoms with Gasteiger partial charge in [-0.3, -0.25) is 10.0 Å². The fraction of sp³-hybridized carbons (Fsp3) is 0.250. The third-order valence-corrected chi connectivity index (χ3v) is 2.63. The van der Waals surface area contributed by atoms with Gasteiger partial charge < -0.3 is 15.2 Å². The number of rotatable bonds is 5. The summed E-state index contributed by atoms with van der Waals surface area (Å²) in [6, 6.07) is 4.63. The van der Waals surface area contributed by atoms with Crippen LogP contribution in [-0.4, -0.2) is 33.6 Å². The number of carboxylic acid groups (broad SMARTS) is 1. The number of hydrogen-bond acceptors (Lipinski definition) is 7. The third-order valence-electron chi connectivity index (χ3n) is 2.63. The molecule has 0 aliphatic carbocycles. The summed E-state index contributed by atoms with van der Waals surface area (Å²) in [6.45, 7) is 1.50. The molecule has 0 spiro atoms. The van der Waals surface area contributed by atoms with Crippen LogP contribution in [0.1, 0.15) is 23.7 Å². The first-order chi connectivity index (χ1) is 9.47. The predicted molar refractivity (Wildman–Crippen MR) is 65.0 cm³/mol. The highest BCUT2D eigenvalue weighted by molar-refractivity contribution is 5.96. The Morgan fingerprint density at radius 2 is 2.20 bits per heavy atom. The van der Waals surface area contributed by atoms with Crippen molar-refractivity contribution in [3.63, 3.8) is 0 Å². The number of benzene rings is 1. The van der Waals surface area contributed by atoms with E-state index in [1.807, 2.05) is 0 Å². The average Bonchev–Trinajstić information content (AvgIpc) is 2.37. The Kier molecular flexibility index (Phi) is 3.74. The number of Topliss-reactive ketones (excluding diaryl/α,β-unsaturated/α-hetero) is 1. The van der Waals surface area contributed by atoms with E-state index in [9.17, 15) is 19.9 Å². The van der Waals surface area contributed by atoms with Gasteiger partial charge in [-0.15, -0.1) is 0 Å². The quantitative estimate of drug-likeness (QED) is 0.404. The Labute approximate surface area is 113 Å². The summed E-state index contributed by atoms with van der Waals surface area (Å²) in [5, 5.41) is 26.4. The number of aromatic nitrogens is 3. The maximum absolute atomic E-state index is 11.3. The Bertz CT molecular complexity index is 686. The van der Waals surface area contributed by atoms with E-state index in [4.69, 9.17) is 0 Å². The normalized spacial score (nSPS) is 10.4. The van der Waals surface area contributed by atoms with Crippen molar-refractivity contribution in [2.45, 2.75) is 13.3 Å². The number of fused-ring (bicyclic) bond motifs is 1. The van der Waals surface area contributed by atoms with Gasteiger partial charge in [-0.05, 0) is 19.1 Å². The van der Waals surface area contributed by atoms with E-state index in [2.05, 4.69) is 15.4 Å². The lowest BCUT2D eigenvalue weighted by Crippen LogP contribution is -2.37. The first-order valence-corrected chi connectivity index (χ1v) is 5.85. The van der Waals surface area contributed by atoms with Gasteiger partial charge >= 0.3 is 5.52 Å². The van der Waals surface area contributed by atoms with Crippen molar-refractivity contribution in [1.29, 1.82) is 0 Å². The van der Waals surface area contributed by atoms with Gasteiger partial charge in [0.2, 0.25) is 0 Å². The minimum Gasteiger partial charge on any atom is -0.550 e. The minimum absolute atomic E-state index is 0.0804. The van der Waals surface area contributed by atoms with Gasteiger partial charge in [0.05, 0.1) is 5.10 Å². The zero-order valence-corrected chi connectivity index (χ0v) is 10.7. The molecule has 0 fully saturated rings. The second kappa shape index (κ2) is 5.47. The molecule has 104 valence electrons. The maximum atomic E-state index is 11.3. The van der Waals surface area contributed by atoms with Gasteiger partial charge in [0.25, 0.3) is 5.95 Å². The van der Waals surface area contributed by atoms with Gasteiger partial charge in [-0.1, -0.05) is 0 Å². The van der Waals surface area contributed by atoms with E-state index in [1.165, 1.54) is 13.0 Å². The van der Waals surface area contributed by atoms with E-state index in [-0.39, 0.29) is 30.2 Å². The molecule has 0 amide bonds. The molecule has 0 bridgehead atoms. The van der Waals surface area contributed by atoms with Crippen LogP contribution < -0.4 is 15.3 Å². The highest BCUT2D eigenvalue weighted by atomic mass is 16.5. The molecule has 2 aromatic rings. The van der Waals surface area contributed by atoms with Crippen molar-refractivity contribution < 1.29 is 24.7 Å². The molecule has 8 heteroatoms. The van der Waals surface area contributed by atoms with Crippen molar-refractivity contribution in [3.05, 3.63) is 23.8 Å². The molecule has 1 heterocycles. The zero-order valence-electron chi connectivity index (χ0n) is 10.7. The number of carbonyl (C=O) groups excluding carboxylic acids is 2. The number of nitrogens with one attached hydrogen (secondary N) is 1. The summed E-state index contributed by atoms with van der Waals surface area (Å²) in [6.07, 6.45) is -0.198. The van der Waals surface area contributed by atoms with Crippen LogP contribution in [0.2, 0.25) is 0 Å². The lowest BCUT2D eigenvalue weighted by atomic mass is 10.1. The lowest BCUT2D eigenvalue weighted by molar-refractivity contribution is -0.928. The maximum Gasteiger partial charge on any atom is 0.315 e. The summed E-state index contributed by atoms with van der Waals surface area (Å²) in [7, 11) is 0. The van der Waals surface area contributed by atoms with Crippen molar-refractivity contribution in [2.75, 3.05) is 11.9 Å². The lowest BCUT2D eigenvalue weighted by Gasteiger charge is -2.03. The van der Waals surface area contributed by atoms with Crippen LogP contribution in [0.4, 0.5) is 5.95 Å². The van der Waals surface area contributed by atoms with E-state index < -0.39 is 5.97 Å². The summed E-state index contributed by atoms with van der Waals surface area (Å²) in [5.41, 5.74) is 1.13. The topological polar surface area (TPSA) is 119 Å². The second-order valence-corrected chi connectivity index (χ2v) is 4.13. The van der Waals surface area contributed by atoms with Crippen LogP contribution in [-0.2, 0) is 4.79 Å². The number of carboxylic acids is 1. The van der Waals surface area contributed by atoms with Gasteiger partial charge in [-0.2, -0.15) is 0 Å². The van der Waals surface area contributed by atoms with E-state index >= 15 is 0 Å². The van der Waals surface area contributed by atoms with Gasteiger partial charge in [0.15, 0.2) is 5.78 Å². The second-order valence-electron chi connectivity index (χ2n) is 4.13. The van der Waals surface area contributed by atoms with Crippen LogP contribution in [0.25, 0.3) is 11.0 Å². The van der Waals surface area contributed by atoms with Gasteiger partial charge in [0, 0.05) is 30.6 Å². The average molecular weight is 276 g/mol. The smallest absolute Gasteiger partial charge is 0.315 e. The molecule has 0 unspecified atom stereocenters. The van der Waals surface area contributed by atoms with Gasteiger partial charge in [-0.25, -0.2) is 4.98 Å². The molecule has 0 aliphatic heterocycles. The standard InChI is InChI=1S/C12H12N4O4/c1-7(17)8-2-3-9-10(6-8)16(20)15-12(14-9)13-5-4-11(18)19/h2-3,6H,4-5H2,1H3,(H2-,13,14,15,17,18,19,20). The van der Waals surface area contributed by atoms with Crippen LogP contribution in [0.15, 0.2) is 18.2 Å². The number of ketones is 1. The molecule has 0 atom stereocenters. The summed E-state index contributed by atoms with van der Waals surface area (Å²) >= 11 is 0. The highest BCUT2D eigenvalue weighted by Gasteiger charge is 2.16. The van der Waals surface area contributed by atoms with Crippen LogP contribution >= 0.6 is 0 Å². The Hall–Kier alpha value is -2.77. The van der Waals surface area contributed by atoms with E-state index in [0.29, 0.717) is 15.9 Å². The highest BCUT2D eigenvalue weighted by Crippen LogP contribution is 2.11. The van der Waals surface area contributed by atoms with Crippen molar-refractivity contribution >= 4 is 28.7 Å². The molecule has 0 saturated heterocycles. The molecule has 1 aromatic carbocycles. The largest absolute Gasteiger partial charge is 0.550 e. The molecule has 8 nitrogen and oxygen atoms in total. The molecule has 0 aliphatic rings. The number of anilines is 1. The predicted octanol–water partition coefficient (Wildman–Crippen LogP) is -1.09. The SMILES string of the molecule is CC(=O)c1ccc2nc(NCCC(=O)[O-])n[n+](O)c2c1. The van der Waals surface area contributed by atoms with Crippen molar-refractivity contribution in [2.24, 2.45) is 0 Å². The summed E-state index contributed by atoms with van der Waals surface area (Å²) in [5.74, 6) is -1.25. The molecule has 2 rings (SSSR count). The number of nitrogens with zero attached hydrogens (tertiary/aromatic N) is 3. The van der Waals surface area contributed by atoms with E-state index in [0.717, 1.165) is 0 Å².